The van der Waals surface area contributed by atoms with Gasteiger partial charge in [-0.15, -0.1) is 0 Å². The number of ether oxygens (including phenoxy) is 5. The number of aliphatic hydroxyl groups excluding tert-OH is 1. The van der Waals surface area contributed by atoms with E-state index in [0.717, 1.165) is 5.57 Å². The molecule has 1 N–H and O–H groups in total. The molecule has 5 aliphatic rings. The van der Waals surface area contributed by atoms with E-state index in [1.807, 2.05) is 0 Å². The largest absolute Gasteiger partial charge is 0.469 e. The van der Waals surface area contributed by atoms with Crippen LogP contribution in [-0.4, -0.2) is 74.1 Å². The third-order valence-corrected chi connectivity index (χ3v) is 14.5. The van der Waals surface area contributed by atoms with E-state index in [2.05, 4.69) is 40.7 Å². The van der Waals surface area contributed by atoms with Crippen molar-refractivity contribution in [3.05, 3.63) is 11.6 Å². The van der Waals surface area contributed by atoms with Crippen molar-refractivity contribution in [2.24, 2.45) is 50.2 Å². The predicted molar refractivity (Wildman–Crippen MR) is 176 cm³/mol. The lowest BCUT2D eigenvalue weighted by Gasteiger charge is -2.71. The minimum atomic E-state index is -1.65. The predicted octanol–water partition coefficient (Wildman–Crippen LogP) is 5.10. The summed E-state index contributed by atoms with van der Waals surface area (Å²) in [5, 5.41) is 12.1. The lowest BCUT2D eigenvalue weighted by molar-refractivity contribution is -0.262. The number of esters is 5. The monoisotopic (exact) mass is 688 g/mol. The summed E-state index contributed by atoms with van der Waals surface area (Å²) >= 11 is 0. The fraction of sp³-hybridized carbons (Fsp3) is 0.816. The zero-order chi connectivity index (χ0) is 36.5. The molecular weight excluding hydrogens is 632 g/mol. The molecule has 0 aromatic heterocycles. The van der Waals surface area contributed by atoms with Crippen LogP contribution in [0.4, 0.5) is 0 Å². The summed E-state index contributed by atoms with van der Waals surface area (Å²) in [6.07, 6.45) is 3.94. The van der Waals surface area contributed by atoms with Crippen molar-refractivity contribution in [1.82, 2.24) is 0 Å². The molecule has 0 spiro atoms. The van der Waals surface area contributed by atoms with Gasteiger partial charge in [-0.2, -0.15) is 0 Å². The Balaban J connectivity index is 1.70. The van der Waals surface area contributed by atoms with Gasteiger partial charge in [0.1, 0.15) is 18.1 Å². The Labute approximate surface area is 290 Å². The van der Waals surface area contributed by atoms with Crippen molar-refractivity contribution in [2.75, 3.05) is 20.8 Å². The standard InChI is InChI=1S/C38H56O11/c1-21(39)47-20-38(32(44)46-10)27-13-14-36(8)26(34(27,6)19-25(48-22(2)40)30(38)49-23(3)41)12-11-24-28-29(42)33(4,5)15-17-37(28,31(43)45-9)18-16-35(24,36)7/h11,25-30,42H,12-20H2,1-10H3/t25-,26-,27-,28-,29+,30+,34-,35-,36-,37+,38-/m1/s1. The third-order valence-electron chi connectivity index (χ3n) is 14.5. The second-order valence-corrected chi connectivity index (χ2v) is 17.0. The molecule has 5 rings (SSSR count). The summed E-state index contributed by atoms with van der Waals surface area (Å²) in [6.45, 7) is 14.2. The van der Waals surface area contributed by atoms with Gasteiger partial charge in [0.25, 0.3) is 0 Å². The first-order valence-corrected chi connectivity index (χ1v) is 17.7. The van der Waals surface area contributed by atoms with Crippen LogP contribution in [0.25, 0.3) is 0 Å². The molecule has 5 aliphatic carbocycles. The highest BCUT2D eigenvalue weighted by Crippen LogP contribution is 2.76. The van der Waals surface area contributed by atoms with Crippen molar-refractivity contribution in [1.29, 1.82) is 0 Å². The van der Waals surface area contributed by atoms with E-state index >= 15 is 0 Å². The Hall–Kier alpha value is -2.95. The molecule has 0 aromatic carbocycles. The SMILES string of the molecule is COC(=O)[C@]12CCC(C)(C)[C@@H](O)[C@H]1C1=CC[C@@H]3[C@@]4(C)C[C@@H](OC(C)=O)[C@H](OC(C)=O)[C@](COC(C)=O)(C(=O)OC)[C@@H]4CC[C@@]3(C)[C@]1(C)CC2. The summed E-state index contributed by atoms with van der Waals surface area (Å²) in [4.78, 5) is 65.4. The van der Waals surface area contributed by atoms with Gasteiger partial charge in [0.2, 0.25) is 0 Å². The number of fused-ring (bicyclic) bond motifs is 7. The van der Waals surface area contributed by atoms with Crippen molar-refractivity contribution in [2.45, 2.75) is 125 Å². The van der Waals surface area contributed by atoms with E-state index < -0.39 is 87.7 Å². The number of allylic oxidation sites excluding steroid dienone is 1. The van der Waals surface area contributed by atoms with Gasteiger partial charge in [-0.25, -0.2) is 0 Å². The molecule has 49 heavy (non-hydrogen) atoms. The van der Waals surface area contributed by atoms with Gasteiger partial charge in [-0.3, -0.25) is 24.0 Å². The number of carbonyl (C=O) groups excluding carboxylic acids is 5. The zero-order valence-electron chi connectivity index (χ0n) is 30.9. The molecule has 0 bridgehead atoms. The Kier molecular flexibility index (Phi) is 9.42. The topological polar surface area (TPSA) is 152 Å². The summed E-state index contributed by atoms with van der Waals surface area (Å²) in [6, 6.07) is 0. The van der Waals surface area contributed by atoms with Crippen LogP contribution in [0.3, 0.4) is 0 Å². The first-order valence-electron chi connectivity index (χ1n) is 17.7. The fourth-order valence-corrected chi connectivity index (χ4v) is 12.0. The lowest BCUT2D eigenvalue weighted by atomic mass is 9.33. The van der Waals surface area contributed by atoms with E-state index in [9.17, 15) is 29.1 Å². The highest BCUT2D eigenvalue weighted by molar-refractivity contribution is 5.81. The van der Waals surface area contributed by atoms with E-state index in [4.69, 9.17) is 23.7 Å². The molecule has 4 fully saturated rings. The minimum Gasteiger partial charge on any atom is -0.469 e. The van der Waals surface area contributed by atoms with Crippen LogP contribution in [0.2, 0.25) is 0 Å². The van der Waals surface area contributed by atoms with Gasteiger partial charge in [0.05, 0.1) is 25.7 Å². The molecule has 4 saturated carbocycles. The van der Waals surface area contributed by atoms with Gasteiger partial charge in [0.15, 0.2) is 6.10 Å². The quantitative estimate of drug-likeness (QED) is 0.225. The molecule has 11 heteroatoms. The average molecular weight is 689 g/mol. The van der Waals surface area contributed by atoms with Crippen LogP contribution in [0.1, 0.15) is 107 Å². The van der Waals surface area contributed by atoms with E-state index in [-0.39, 0.29) is 17.3 Å². The number of hydrogen-bond acceptors (Lipinski definition) is 11. The highest BCUT2D eigenvalue weighted by Gasteiger charge is 2.75. The van der Waals surface area contributed by atoms with Gasteiger partial charge in [-0.1, -0.05) is 46.3 Å². The van der Waals surface area contributed by atoms with Gasteiger partial charge in [-0.05, 0) is 84.9 Å². The Morgan fingerprint density at radius 1 is 0.796 bits per heavy atom. The maximum atomic E-state index is 14.2. The zero-order valence-corrected chi connectivity index (χ0v) is 30.9. The second-order valence-electron chi connectivity index (χ2n) is 17.0. The summed E-state index contributed by atoms with van der Waals surface area (Å²) in [5.74, 6) is -3.76. The van der Waals surface area contributed by atoms with Crippen molar-refractivity contribution in [3.8, 4) is 0 Å². The van der Waals surface area contributed by atoms with E-state index in [0.29, 0.717) is 51.4 Å². The molecule has 274 valence electrons. The summed E-state index contributed by atoms with van der Waals surface area (Å²) in [5.41, 5.74) is -3.24. The molecule has 11 atom stereocenters. The molecule has 0 aromatic rings. The van der Waals surface area contributed by atoms with Crippen LogP contribution in [0, 0.1) is 50.2 Å². The summed E-state index contributed by atoms with van der Waals surface area (Å²) < 4.78 is 28.3. The maximum absolute atomic E-state index is 14.2. The molecule has 0 heterocycles. The molecule has 0 aliphatic heterocycles. The molecule has 0 amide bonds. The lowest BCUT2D eigenvalue weighted by Crippen LogP contribution is -2.72. The number of rotatable bonds is 6. The number of carbonyl (C=O) groups is 5. The smallest absolute Gasteiger partial charge is 0.319 e. The second kappa shape index (κ2) is 12.4. The van der Waals surface area contributed by atoms with Gasteiger partial charge >= 0.3 is 29.8 Å². The van der Waals surface area contributed by atoms with E-state index in [1.54, 1.807) is 0 Å². The number of hydrogen-bond donors (Lipinski definition) is 1. The van der Waals surface area contributed by atoms with Crippen molar-refractivity contribution >= 4 is 29.8 Å². The summed E-state index contributed by atoms with van der Waals surface area (Å²) in [7, 11) is 2.68. The van der Waals surface area contributed by atoms with Crippen LogP contribution in [-0.2, 0) is 47.7 Å². The van der Waals surface area contributed by atoms with Crippen LogP contribution in [0.5, 0.6) is 0 Å². The van der Waals surface area contributed by atoms with Crippen LogP contribution in [0.15, 0.2) is 11.6 Å². The molecule has 0 unspecified atom stereocenters. The normalized spacial score (nSPS) is 43.5. The number of aliphatic hydroxyl groups is 1. The van der Waals surface area contributed by atoms with E-state index in [1.165, 1.54) is 35.0 Å². The van der Waals surface area contributed by atoms with Crippen LogP contribution < -0.4 is 0 Å². The molecule has 0 saturated heterocycles. The molecule has 0 radical (unpaired) electrons. The van der Waals surface area contributed by atoms with Gasteiger partial charge < -0.3 is 28.8 Å². The minimum absolute atomic E-state index is 0.0652. The average Bonchev–Trinajstić information content (AvgIpc) is 3.01. The van der Waals surface area contributed by atoms with Crippen molar-refractivity contribution < 1.29 is 52.8 Å². The number of methoxy groups -OCH3 is 2. The maximum Gasteiger partial charge on any atom is 0.319 e. The highest BCUT2D eigenvalue weighted by atomic mass is 16.6. The Morgan fingerprint density at radius 2 is 1.41 bits per heavy atom. The molecular formula is C38H56O11. The van der Waals surface area contributed by atoms with Gasteiger partial charge in [0, 0.05) is 26.7 Å². The third kappa shape index (κ3) is 5.25. The molecule has 11 nitrogen and oxygen atoms in total. The van der Waals surface area contributed by atoms with Crippen LogP contribution >= 0.6 is 0 Å². The first kappa shape index (κ1) is 37.3. The first-order chi connectivity index (χ1) is 22.7. The van der Waals surface area contributed by atoms with Crippen molar-refractivity contribution in [3.63, 3.8) is 0 Å². The Morgan fingerprint density at radius 3 is 1.98 bits per heavy atom. The fourth-order valence-electron chi connectivity index (χ4n) is 12.0. The Bertz CT molecular complexity index is 1430.